The molecule has 1 N–H and O–H groups in total. The maximum atomic E-state index is 12.9. The molecule has 3 aromatic carbocycles. The number of para-hydroxylation sites is 1. The van der Waals surface area contributed by atoms with Crippen molar-refractivity contribution in [2.75, 3.05) is 18.2 Å². The molecule has 0 unspecified atom stereocenters. The zero-order valence-corrected chi connectivity index (χ0v) is 19.2. The summed E-state index contributed by atoms with van der Waals surface area (Å²) < 4.78 is 11.6. The molecule has 1 saturated heterocycles. The van der Waals surface area contributed by atoms with E-state index in [9.17, 15) is 9.59 Å². The predicted molar refractivity (Wildman–Crippen MR) is 129 cm³/mol. The zero-order valence-electron chi connectivity index (χ0n) is 17.7. The van der Waals surface area contributed by atoms with Gasteiger partial charge >= 0.3 is 0 Å². The molecule has 8 heteroatoms. The van der Waals surface area contributed by atoms with Crippen molar-refractivity contribution < 1.29 is 19.1 Å². The van der Waals surface area contributed by atoms with Crippen LogP contribution in [0, 0.1) is 6.92 Å². The summed E-state index contributed by atoms with van der Waals surface area (Å²) in [5, 5.41) is 2.34. The average molecular weight is 483 g/mol. The second-order valence-electron chi connectivity index (χ2n) is 7.27. The lowest BCUT2D eigenvalue weighted by atomic mass is 10.1. The van der Waals surface area contributed by atoms with Gasteiger partial charge in [0.15, 0.2) is 0 Å². The third-order valence-electron chi connectivity index (χ3n) is 4.92. The SMILES string of the molecule is Cc1cc(OCCOc2ccc(Cl)cc2/C=C2\C(=O)NN(c3ccccc3)C2=O)ccc1Cl. The lowest BCUT2D eigenvalue weighted by Crippen LogP contribution is -2.35. The van der Waals surface area contributed by atoms with Gasteiger partial charge in [0.25, 0.3) is 11.8 Å². The Labute approximate surface area is 201 Å². The summed E-state index contributed by atoms with van der Waals surface area (Å²) in [4.78, 5) is 25.3. The fraction of sp³-hybridized carbons (Fsp3) is 0.120. The highest BCUT2D eigenvalue weighted by molar-refractivity contribution is 6.32. The van der Waals surface area contributed by atoms with Crippen molar-refractivity contribution in [3.8, 4) is 11.5 Å². The topological polar surface area (TPSA) is 67.9 Å². The molecular weight excluding hydrogens is 463 g/mol. The van der Waals surface area contributed by atoms with Gasteiger partial charge in [-0.05, 0) is 67.1 Å². The molecule has 0 saturated carbocycles. The first-order valence-electron chi connectivity index (χ1n) is 10.2. The van der Waals surface area contributed by atoms with E-state index < -0.39 is 11.8 Å². The number of nitrogens with one attached hydrogen (secondary N) is 1. The van der Waals surface area contributed by atoms with Gasteiger partial charge in [-0.1, -0.05) is 41.4 Å². The first-order valence-corrected chi connectivity index (χ1v) is 10.9. The van der Waals surface area contributed by atoms with E-state index in [0.717, 1.165) is 5.56 Å². The van der Waals surface area contributed by atoms with Crippen LogP contribution in [0.2, 0.25) is 10.0 Å². The summed E-state index contributed by atoms with van der Waals surface area (Å²) in [6.07, 6.45) is 1.48. The number of carbonyl (C=O) groups is 2. The molecule has 0 spiro atoms. The van der Waals surface area contributed by atoms with Crippen LogP contribution in [0.15, 0.2) is 72.3 Å². The Morgan fingerprint density at radius 3 is 2.45 bits per heavy atom. The fourth-order valence-electron chi connectivity index (χ4n) is 3.25. The number of amides is 2. The molecule has 168 valence electrons. The van der Waals surface area contributed by atoms with Crippen LogP contribution in [-0.4, -0.2) is 25.0 Å². The van der Waals surface area contributed by atoms with Crippen LogP contribution < -0.4 is 19.9 Å². The van der Waals surface area contributed by atoms with Crippen molar-refractivity contribution in [1.82, 2.24) is 5.43 Å². The van der Waals surface area contributed by atoms with Crippen molar-refractivity contribution in [3.63, 3.8) is 0 Å². The van der Waals surface area contributed by atoms with E-state index in [4.69, 9.17) is 32.7 Å². The molecule has 0 radical (unpaired) electrons. The second-order valence-corrected chi connectivity index (χ2v) is 8.11. The summed E-state index contributed by atoms with van der Waals surface area (Å²) in [5.74, 6) is 0.199. The molecule has 0 aliphatic carbocycles. The maximum absolute atomic E-state index is 12.9. The molecule has 1 aliphatic heterocycles. The number of ether oxygens (including phenoxy) is 2. The lowest BCUT2D eigenvalue weighted by molar-refractivity contribution is -0.117. The van der Waals surface area contributed by atoms with Gasteiger partial charge in [-0.15, -0.1) is 0 Å². The van der Waals surface area contributed by atoms with Crippen LogP contribution in [0.25, 0.3) is 6.08 Å². The third kappa shape index (κ3) is 5.30. The molecule has 0 aromatic heterocycles. The highest BCUT2D eigenvalue weighted by Crippen LogP contribution is 2.28. The molecule has 33 heavy (non-hydrogen) atoms. The van der Waals surface area contributed by atoms with Crippen LogP contribution in [0.5, 0.6) is 11.5 Å². The molecule has 1 fully saturated rings. The normalized spacial score (nSPS) is 14.5. The Kier molecular flexibility index (Phi) is 6.87. The Hall–Kier alpha value is -3.48. The summed E-state index contributed by atoms with van der Waals surface area (Å²) in [5.41, 5.74) is 4.56. The highest BCUT2D eigenvalue weighted by Gasteiger charge is 2.34. The number of aryl methyl sites for hydroxylation is 1. The van der Waals surface area contributed by atoms with E-state index in [-0.39, 0.29) is 12.2 Å². The first kappa shape index (κ1) is 22.7. The molecule has 1 heterocycles. The van der Waals surface area contributed by atoms with Crippen molar-refractivity contribution in [2.45, 2.75) is 6.92 Å². The van der Waals surface area contributed by atoms with Crippen LogP contribution in [0.3, 0.4) is 0 Å². The van der Waals surface area contributed by atoms with E-state index in [2.05, 4.69) is 5.43 Å². The largest absolute Gasteiger partial charge is 0.490 e. The highest BCUT2D eigenvalue weighted by atomic mass is 35.5. The number of hydrazine groups is 1. The molecular formula is C25H20Cl2N2O4. The molecule has 3 aromatic rings. The third-order valence-corrected chi connectivity index (χ3v) is 5.58. The first-order chi connectivity index (χ1) is 15.9. The number of anilines is 1. The van der Waals surface area contributed by atoms with Crippen LogP contribution >= 0.6 is 23.2 Å². The quantitative estimate of drug-likeness (QED) is 0.284. The van der Waals surface area contributed by atoms with E-state index in [1.807, 2.05) is 19.1 Å². The Morgan fingerprint density at radius 1 is 0.939 bits per heavy atom. The zero-order chi connectivity index (χ0) is 23.4. The van der Waals surface area contributed by atoms with E-state index >= 15 is 0 Å². The van der Waals surface area contributed by atoms with Crippen LogP contribution in [-0.2, 0) is 9.59 Å². The second kappa shape index (κ2) is 9.98. The molecule has 0 bridgehead atoms. The van der Waals surface area contributed by atoms with Crippen molar-refractivity contribution in [3.05, 3.63) is 93.5 Å². The minimum Gasteiger partial charge on any atom is -0.490 e. The number of rotatable bonds is 7. The number of carbonyl (C=O) groups excluding carboxylic acids is 2. The molecule has 2 amide bonds. The number of hydrogen-bond donors (Lipinski definition) is 1. The van der Waals surface area contributed by atoms with E-state index in [1.54, 1.807) is 54.6 Å². The molecule has 6 nitrogen and oxygen atoms in total. The van der Waals surface area contributed by atoms with Gasteiger partial charge in [0, 0.05) is 15.6 Å². The summed E-state index contributed by atoms with van der Waals surface area (Å²) in [6.45, 7) is 2.44. The Morgan fingerprint density at radius 2 is 1.70 bits per heavy atom. The minimum atomic E-state index is -0.503. The smallest absolute Gasteiger partial charge is 0.282 e. The van der Waals surface area contributed by atoms with Crippen LogP contribution in [0.4, 0.5) is 5.69 Å². The summed E-state index contributed by atoms with van der Waals surface area (Å²) >= 11 is 12.2. The van der Waals surface area contributed by atoms with Crippen molar-refractivity contribution >= 4 is 46.8 Å². The van der Waals surface area contributed by atoms with Crippen molar-refractivity contribution in [1.29, 1.82) is 0 Å². The van der Waals surface area contributed by atoms with Gasteiger partial charge in [-0.3, -0.25) is 15.0 Å². The van der Waals surface area contributed by atoms with E-state index in [1.165, 1.54) is 11.1 Å². The molecule has 4 rings (SSSR count). The van der Waals surface area contributed by atoms with Gasteiger partial charge in [-0.2, -0.15) is 0 Å². The standard InChI is InChI=1S/C25H20Cl2N2O4/c1-16-13-20(8-9-22(16)27)32-11-12-33-23-10-7-18(26)14-17(23)15-21-24(30)28-29(25(21)31)19-5-3-2-4-6-19/h2-10,13-15H,11-12H2,1H3,(H,28,30)/b21-15+. The summed E-state index contributed by atoms with van der Waals surface area (Å²) in [6, 6.07) is 19.3. The van der Waals surface area contributed by atoms with Gasteiger partial charge < -0.3 is 9.47 Å². The Balaban J connectivity index is 1.47. The van der Waals surface area contributed by atoms with Gasteiger partial charge in [0.1, 0.15) is 30.3 Å². The van der Waals surface area contributed by atoms with Gasteiger partial charge in [0.05, 0.1) is 5.69 Å². The average Bonchev–Trinajstić information content (AvgIpc) is 3.09. The number of halogens is 2. The maximum Gasteiger partial charge on any atom is 0.282 e. The van der Waals surface area contributed by atoms with Gasteiger partial charge in [0.2, 0.25) is 0 Å². The number of hydrogen-bond acceptors (Lipinski definition) is 4. The van der Waals surface area contributed by atoms with Crippen molar-refractivity contribution in [2.24, 2.45) is 0 Å². The minimum absolute atomic E-state index is 0.0149. The Bertz CT molecular complexity index is 1230. The summed E-state index contributed by atoms with van der Waals surface area (Å²) in [7, 11) is 0. The van der Waals surface area contributed by atoms with E-state index in [0.29, 0.717) is 39.4 Å². The monoisotopic (exact) mass is 482 g/mol. The number of nitrogens with zero attached hydrogens (tertiary/aromatic N) is 1. The predicted octanol–water partition coefficient (Wildman–Crippen LogP) is 5.22. The van der Waals surface area contributed by atoms with Gasteiger partial charge in [-0.25, -0.2) is 5.01 Å². The fourth-order valence-corrected chi connectivity index (χ4v) is 3.55. The lowest BCUT2D eigenvalue weighted by Gasteiger charge is -2.14. The molecule has 0 atom stereocenters. The number of benzene rings is 3. The molecule has 1 aliphatic rings. The van der Waals surface area contributed by atoms with Crippen LogP contribution in [0.1, 0.15) is 11.1 Å².